The summed E-state index contributed by atoms with van der Waals surface area (Å²) in [6.07, 6.45) is 2.34. The van der Waals surface area contributed by atoms with Crippen molar-refractivity contribution in [3.63, 3.8) is 0 Å². The Hall–Kier alpha value is -2.71. The largest absolute Gasteiger partial charge is 0.350 e. The van der Waals surface area contributed by atoms with Crippen LogP contribution in [0.2, 0.25) is 0 Å². The molecule has 0 aliphatic heterocycles. The summed E-state index contributed by atoms with van der Waals surface area (Å²) in [6.45, 7) is 0.401. The lowest BCUT2D eigenvalue weighted by molar-refractivity contribution is -0.123. The van der Waals surface area contributed by atoms with Gasteiger partial charge in [-0.3, -0.25) is 13.8 Å². The van der Waals surface area contributed by atoms with Crippen LogP contribution in [-0.4, -0.2) is 39.1 Å². The predicted octanol–water partition coefficient (Wildman–Crippen LogP) is 2.25. The first kappa shape index (κ1) is 22.6. The monoisotopic (exact) mass is 418 g/mol. The third-order valence-corrected chi connectivity index (χ3v) is 4.75. The fraction of sp³-hybridized carbons (Fsp3) is 0.333. The minimum absolute atomic E-state index is 0.0455. The van der Waals surface area contributed by atoms with Gasteiger partial charge in [-0.1, -0.05) is 48.5 Å². The minimum atomic E-state index is -3.48. The van der Waals surface area contributed by atoms with E-state index in [0.717, 1.165) is 11.8 Å². The second-order valence-electron chi connectivity index (χ2n) is 6.62. The smallest absolute Gasteiger partial charge is 0.264 e. The van der Waals surface area contributed by atoms with Crippen LogP contribution in [0.25, 0.3) is 0 Å². The number of hydrogen-bond donors (Lipinski definition) is 2. The molecule has 0 unspecified atom stereocenters. The summed E-state index contributed by atoms with van der Waals surface area (Å²) in [6, 6.07) is 17.4. The van der Waals surface area contributed by atoms with Crippen LogP contribution in [0.1, 0.15) is 35.2 Å². The standard InChI is InChI=1S/C21H26N2O5S/c1-29(26,27)28-15-9-8-14-19(23-20(24)18-12-6-3-7-13-18)21(25)22-16-17-10-4-2-5-11-17/h2-7,10-13,19H,8-9,14-16H2,1H3,(H,22,25)(H,23,24)/t19-/m0/s1. The topological polar surface area (TPSA) is 102 Å². The quantitative estimate of drug-likeness (QED) is 0.430. The molecule has 7 nitrogen and oxygen atoms in total. The SMILES string of the molecule is CS(=O)(=O)OCCCC[C@H](NC(=O)c1ccccc1)C(=O)NCc1ccccc1. The molecule has 0 aliphatic rings. The summed E-state index contributed by atoms with van der Waals surface area (Å²) in [5.74, 6) is -0.625. The van der Waals surface area contributed by atoms with E-state index in [1.165, 1.54) is 0 Å². The Morgan fingerprint density at radius 2 is 1.59 bits per heavy atom. The maximum absolute atomic E-state index is 12.7. The van der Waals surface area contributed by atoms with E-state index in [1.54, 1.807) is 24.3 Å². The number of hydrogen-bond acceptors (Lipinski definition) is 5. The van der Waals surface area contributed by atoms with E-state index in [4.69, 9.17) is 4.18 Å². The van der Waals surface area contributed by atoms with Gasteiger partial charge in [0.1, 0.15) is 6.04 Å². The van der Waals surface area contributed by atoms with Gasteiger partial charge in [0, 0.05) is 12.1 Å². The number of carbonyl (C=O) groups is 2. The Kier molecular flexibility index (Phi) is 8.82. The van der Waals surface area contributed by atoms with Gasteiger partial charge in [0.15, 0.2) is 0 Å². The van der Waals surface area contributed by atoms with Crippen molar-refractivity contribution in [1.82, 2.24) is 10.6 Å². The number of nitrogens with one attached hydrogen (secondary N) is 2. The van der Waals surface area contributed by atoms with E-state index in [2.05, 4.69) is 10.6 Å². The summed E-state index contributed by atoms with van der Waals surface area (Å²) < 4.78 is 26.7. The highest BCUT2D eigenvalue weighted by molar-refractivity contribution is 7.85. The molecule has 2 aromatic rings. The zero-order valence-electron chi connectivity index (χ0n) is 16.3. The molecule has 0 bridgehead atoms. The van der Waals surface area contributed by atoms with Crippen molar-refractivity contribution in [3.8, 4) is 0 Å². The van der Waals surface area contributed by atoms with Crippen LogP contribution in [0.15, 0.2) is 60.7 Å². The van der Waals surface area contributed by atoms with Crippen LogP contribution >= 0.6 is 0 Å². The average Bonchev–Trinajstić information content (AvgIpc) is 2.71. The highest BCUT2D eigenvalue weighted by Gasteiger charge is 2.21. The van der Waals surface area contributed by atoms with E-state index in [9.17, 15) is 18.0 Å². The number of rotatable bonds is 11. The van der Waals surface area contributed by atoms with Crippen LogP contribution in [0.5, 0.6) is 0 Å². The molecule has 29 heavy (non-hydrogen) atoms. The van der Waals surface area contributed by atoms with Crippen LogP contribution < -0.4 is 10.6 Å². The second-order valence-corrected chi connectivity index (χ2v) is 8.26. The Morgan fingerprint density at radius 1 is 0.966 bits per heavy atom. The normalized spacial score (nSPS) is 12.2. The molecular formula is C21H26N2O5S. The molecule has 2 aromatic carbocycles. The van der Waals surface area contributed by atoms with E-state index < -0.39 is 16.2 Å². The second kappa shape index (κ2) is 11.3. The van der Waals surface area contributed by atoms with E-state index in [1.807, 2.05) is 36.4 Å². The third kappa shape index (κ3) is 8.89. The van der Waals surface area contributed by atoms with Crippen molar-refractivity contribution >= 4 is 21.9 Å². The molecule has 0 saturated heterocycles. The molecule has 2 N–H and O–H groups in total. The van der Waals surface area contributed by atoms with Crippen molar-refractivity contribution in [3.05, 3.63) is 71.8 Å². The molecule has 0 heterocycles. The van der Waals surface area contributed by atoms with Crippen molar-refractivity contribution in [2.45, 2.75) is 31.8 Å². The summed E-state index contributed by atoms with van der Waals surface area (Å²) in [5, 5.41) is 5.61. The van der Waals surface area contributed by atoms with Gasteiger partial charge in [0.2, 0.25) is 5.91 Å². The van der Waals surface area contributed by atoms with Gasteiger partial charge >= 0.3 is 0 Å². The molecular weight excluding hydrogens is 392 g/mol. The Bertz CT molecular complexity index is 886. The molecule has 0 fully saturated rings. The van der Waals surface area contributed by atoms with Gasteiger partial charge in [0.05, 0.1) is 12.9 Å². The zero-order valence-corrected chi connectivity index (χ0v) is 17.2. The van der Waals surface area contributed by atoms with E-state index in [0.29, 0.717) is 31.4 Å². The Balaban J connectivity index is 1.93. The number of unbranched alkanes of at least 4 members (excludes halogenated alkanes) is 1. The lowest BCUT2D eigenvalue weighted by Gasteiger charge is -2.18. The molecule has 0 saturated carbocycles. The minimum Gasteiger partial charge on any atom is -0.350 e. The van der Waals surface area contributed by atoms with Gasteiger partial charge in [0.25, 0.3) is 16.0 Å². The molecule has 8 heteroatoms. The lowest BCUT2D eigenvalue weighted by Crippen LogP contribution is -2.46. The van der Waals surface area contributed by atoms with Gasteiger partial charge in [-0.25, -0.2) is 0 Å². The summed E-state index contributed by atoms with van der Waals surface area (Å²) in [4.78, 5) is 25.1. The van der Waals surface area contributed by atoms with Gasteiger partial charge < -0.3 is 10.6 Å². The summed E-state index contributed by atoms with van der Waals surface area (Å²) in [7, 11) is -3.48. The number of amides is 2. The van der Waals surface area contributed by atoms with Gasteiger partial charge in [-0.05, 0) is 37.0 Å². The van der Waals surface area contributed by atoms with Crippen LogP contribution in [0.3, 0.4) is 0 Å². The Labute approximate surface area is 171 Å². The highest BCUT2D eigenvalue weighted by Crippen LogP contribution is 2.07. The summed E-state index contributed by atoms with van der Waals surface area (Å²) in [5.41, 5.74) is 1.42. The van der Waals surface area contributed by atoms with E-state index >= 15 is 0 Å². The van der Waals surface area contributed by atoms with E-state index in [-0.39, 0.29) is 18.4 Å². The van der Waals surface area contributed by atoms with Crippen LogP contribution in [0, 0.1) is 0 Å². The summed E-state index contributed by atoms with van der Waals surface area (Å²) >= 11 is 0. The molecule has 0 aliphatic carbocycles. The molecule has 2 rings (SSSR count). The lowest BCUT2D eigenvalue weighted by atomic mass is 10.1. The first-order chi connectivity index (χ1) is 13.8. The maximum Gasteiger partial charge on any atom is 0.264 e. The van der Waals surface area contributed by atoms with Gasteiger partial charge in [-0.2, -0.15) is 8.42 Å². The fourth-order valence-electron chi connectivity index (χ4n) is 2.67. The number of carbonyl (C=O) groups excluding carboxylic acids is 2. The molecule has 156 valence electrons. The molecule has 2 amide bonds. The van der Waals surface area contributed by atoms with Gasteiger partial charge in [-0.15, -0.1) is 0 Å². The maximum atomic E-state index is 12.7. The van der Waals surface area contributed by atoms with Crippen LogP contribution in [0.4, 0.5) is 0 Å². The van der Waals surface area contributed by atoms with Crippen molar-refractivity contribution in [2.75, 3.05) is 12.9 Å². The molecule has 0 spiro atoms. The average molecular weight is 419 g/mol. The van der Waals surface area contributed by atoms with Crippen molar-refractivity contribution in [2.24, 2.45) is 0 Å². The molecule has 0 aromatic heterocycles. The molecule has 0 radical (unpaired) electrons. The first-order valence-corrected chi connectivity index (χ1v) is 11.2. The zero-order chi connectivity index (χ0) is 21.1. The third-order valence-electron chi connectivity index (χ3n) is 4.15. The van der Waals surface area contributed by atoms with Crippen molar-refractivity contribution in [1.29, 1.82) is 0 Å². The predicted molar refractivity (Wildman–Crippen MR) is 111 cm³/mol. The Morgan fingerprint density at radius 3 is 2.21 bits per heavy atom. The first-order valence-electron chi connectivity index (χ1n) is 9.37. The highest BCUT2D eigenvalue weighted by atomic mass is 32.2. The fourth-order valence-corrected chi connectivity index (χ4v) is 3.09. The number of benzene rings is 2. The van der Waals surface area contributed by atoms with Crippen molar-refractivity contribution < 1.29 is 22.2 Å². The molecule has 1 atom stereocenters. The van der Waals surface area contributed by atoms with Crippen LogP contribution in [-0.2, 0) is 25.6 Å².